The minimum atomic E-state index is 0.0397. The molecule has 1 aromatic rings. The molecule has 0 spiro atoms. The highest BCUT2D eigenvalue weighted by molar-refractivity contribution is 9.10. The van der Waals surface area contributed by atoms with Crippen LogP contribution >= 0.6 is 15.9 Å². The van der Waals surface area contributed by atoms with Crippen LogP contribution < -0.4 is 10.5 Å². The summed E-state index contributed by atoms with van der Waals surface area (Å²) in [5.74, 6) is 0.895. The van der Waals surface area contributed by atoms with Crippen LogP contribution in [0.3, 0.4) is 0 Å². The normalized spacial score (nSPS) is 25.1. The molecule has 1 aliphatic carbocycles. The van der Waals surface area contributed by atoms with Crippen LogP contribution in [-0.4, -0.2) is 19.3 Å². The first-order valence-corrected chi connectivity index (χ1v) is 7.64. The minimum Gasteiger partial charge on any atom is -0.489 e. The van der Waals surface area contributed by atoms with E-state index in [0.29, 0.717) is 6.10 Å². The molecule has 0 amide bonds. The number of nitrogens with two attached hydrogens (primary N) is 1. The monoisotopic (exact) mass is 327 g/mol. The highest BCUT2D eigenvalue weighted by Crippen LogP contribution is 2.31. The summed E-state index contributed by atoms with van der Waals surface area (Å²) >= 11 is 3.56. The molecule has 0 aliphatic heterocycles. The molecule has 1 fully saturated rings. The van der Waals surface area contributed by atoms with E-state index in [-0.39, 0.29) is 12.1 Å². The zero-order valence-corrected chi connectivity index (χ0v) is 13.2. The Balaban J connectivity index is 2.02. The van der Waals surface area contributed by atoms with E-state index in [1.165, 1.54) is 6.42 Å². The van der Waals surface area contributed by atoms with Crippen LogP contribution in [0, 0.1) is 0 Å². The van der Waals surface area contributed by atoms with E-state index in [4.69, 9.17) is 15.2 Å². The van der Waals surface area contributed by atoms with Crippen molar-refractivity contribution in [1.82, 2.24) is 0 Å². The maximum Gasteiger partial charge on any atom is 0.133 e. The van der Waals surface area contributed by atoms with Crippen molar-refractivity contribution >= 4 is 15.9 Å². The molecule has 19 heavy (non-hydrogen) atoms. The second kappa shape index (κ2) is 6.73. The van der Waals surface area contributed by atoms with Gasteiger partial charge < -0.3 is 15.2 Å². The summed E-state index contributed by atoms with van der Waals surface area (Å²) < 4.78 is 12.5. The summed E-state index contributed by atoms with van der Waals surface area (Å²) in [5, 5.41) is 0. The van der Waals surface area contributed by atoms with Crippen molar-refractivity contribution in [2.75, 3.05) is 7.11 Å². The Morgan fingerprint density at radius 1 is 1.32 bits per heavy atom. The Morgan fingerprint density at radius 2 is 2.05 bits per heavy atom. The number of methoxy groups -OCH3 is 1. The van der Waals surface area contributed by atoms with Crippen LogP contribution in [-0.2, 0) is 4.74 Å². The fourth-order valence-electron chi connectivity index (χ4n) is 2.50. The Morgan fingerprint density at radius 3 is 2.68 bits per heavy atom. The lowest BCUT2D eigenvalue weighted by molar-refractivity contribution is 0.0207. The van der Waals surface area contributed by atoms with Gasteiger partial charge >= 0.3 is 0 Å². The number of hydrogen-bond donors (Lipinski definition) is 1. The van der Waals surface area contributed by atoms with Gasteiger partial charge in [-0.05, 0) is 59.8 Å². The quantitative estimate of drug-likeness (QED) is 0.914. The second-order valence-electron chi connectivity index (χ2n) is 5.24. The van der Waals surface area contributed by atoms with Crippen molar-refractivity contribution in [3.05, 3.63) is 28.2 Å². The smallest absolute Gasteiger partial charge is 0.133 e. The first kappa shape index (κ1) is 14.8. The standard InChI is InChI=1S/C15H22BrNO2/c1-10(17)11-6-7-15(14(16)8-11)19-13-5-3-4-12(9-13)18-2/h6-8,10,12-13H,3-5,9,17H2,1-2H3. The summed E-state index contributed by atoms with van der Waals surface area (Å²) in [7, 11) is 1.78. The Labute approximate surface area is 123 Å². The minimum absolute atomic E-state index is 0.0397. The molecule has 0 saturated heterocycles. The van der Waals surface area contributed by atoms with Gasteiger partial charge in [-0.2, -0.15) is 0 Å². The average Bonchev–Trinajstić information content (AvgIpc) is 2.41. The number of ether oxygens (including phenoxy) is 2. The van der Waals surface area contributed by atoms with Crippen LogP contribution in [0.2, 0.25) is 0 Å². The summed E-state index contributed by atoms with van der Waals surface area (Å²) in [6, 6.07) is 6.11. The van der Waals surface area contributed by atoms with Crippen molar-refractivity contribution in [3.63, 3.8) is 0 Å². The molecule has 2 N–H and O–H groups in total. The lowest BCUT2D eigenvalue weighted by Gasteiger charge is -2.29. The van der Waals surface area contributed by atoms with Crippen molar-refractivity contribution < 1.29 is 9.47 Å². The second-order valence-corrected chi connectivity index (χ2v) is 6.10. The zero-order chi connectivity index (χ0) is 13.8. The Hall–Kier alpha value is -0.580. The SMILES string of the molecule is COC1CCCC(Oc2ccc(C(C)N)cc2Br)C1. The molecule has 0 radical (unpaired) electrons. The Kier molecular flexibility index (Phi) is 5.25. The third-order valence-electron chi connectivity index (χ3n) is 3.69. The molecular formula is C15H22BrNO2. The van der Waals surface area contributed by atoms with Crippen LogP contribution in [0.4, 0.5) is 0 Å². The summed E-state index contributed by atoms with van der Waals surface area (Å²) in [6.45, 7) is 1.98. The van der Waals surface area contributed by atoms with Crippen molar-refractivity contribution in [2.24, 2.45) is 5.73 Å². The lowest BCUT2D eigenvalue weighted by atomic mass is 9.95. The van der Waals surface area contributed by atoms with E-state index < -0.39 is 0 Å². The molecule has 2 rings (SSSR count). The largest absolute Gasteiger partial charge is 0.489 e. The first-order chi connectivity index (χ1) is 9.10. The third kappa shape index (κ3) is 3.94. The molecule has 3 nitrogen and oxygen atoms in total. The van der Waals surface area contributed by atoms with Crippen LogP contribution in [0.15, 0.2) is 22.7 Å². The molecular weight excluding hydrogens is 306 g/mol. The zero-order valence-electron chi connectivity index (χ0n) is 11.6. The number of hydrogen-bond acceptors (Lipinski definition) is 3. The predicted molar refractivity (Wildman–Crippen MR) is 80.4 cm³/mol. The maximum absolute atomic E-state index is 6.09. The summed E-state index contributed by atoms with van der Waals surface area (Å²) in [4.78, 5) is 0. The van der Waals surface area contributed by atoms with Crippen molar-refractivity contribution in [3.8, 4) is 5.75 Å². The van der Waals surface area contributed by atoms with Gasteiger partial charge in [0.05, 0.1) is 10.6 Å². The van der Waals surface area contributed by atoms with E-state index in [0.717, 1.165) is 35.0 Å². The van der Waals surface area contributed by atoms with Crippen LogP contribution in [0.1, 0.15) is 44.2 Å². The van der Waals surface area contributed by atoms with Gasteiger partial charge in [-0.3, -0.25) is 0 Å². The topological polar surface area (TPSA) is 44.5 Å². The molecule has 3 unspecified atom stereocenters. The van der Waals surface area contributed by atoms with Gasteiger partial charge in [-0.1, -0.05) is 6.07 Å². The van der Waals surface area contributed by atoms with Crippen molar-refractivity contribution in [2.45, 2.75) is 50.9 Å². The van der Waals surface area contributed by atoms with Crippen LogP contribution in [0.5, 0.6) is 5.75 Å². The van der Waals surface area contributed by atoms with E-state index in [2.05, 4.69) is 15.9 Å². The van der Waals surface area contributed by atoms with Gasteiger partial charge in [0.25, 0.3) is 0 Å². The predicted octanol–water partition coefficient (Wildman–Crippen LogP) is 3.81. The van der Waals surface area contributed by atoms with Crippen molar-refractivity contribution in [1.29, 1.82) is 0 Å². The number of halogens is 1. The third-order valence-corrected chi connectivity index (χ3v) is 4.31. The fourth-order valence-corrected chi connectivity index (χ4v) is 2.99. The lowest BCUT2D eigenvalue weighted by Crippen LogP contribution is -2.29. The van der Waals surface area contributed by atoms with Gasteiger partial charge in [-0.15, -0.1) is 0 Å². The highest BCUT2D eigenvalue weighted by Gasteiger charge is 2.23. The molecule has 1 aliphatic rings. The fraction of sp³-hybridized carbons (Fsp3) is 0.600. The molecule has 0 bridgehead atoms. The van der Waals surface area contributed by atoms with Gasteiger partial charge in [-0.25, -0.2) is 0 Å². The Bertz CT molecular complexity index is 423. The van der Waals surface area contributed by atoms with E-state index in [1.54, 1.807) is 7.11 Å². The molecule has 4 heteroatoms. The molecule has 3 atom stereocenters. The number of benzene rings is 1. The van der Waals surface area contributed by atoms with Gasteiger partial charge in [0.2, 0.25) is 0 Å². The van der Waals surface area contributed by atoms with Gasteiger partial charge in [0, 0.05) is 19.6 Å². The molecule has 106 valence electrons. The highest BCUT2D eigenvalue weighted by atomic mass is 79.9. The number of rotatable bonds is 4. The first-order valence-electron chi connectivity index (χ1n) is 6.84. The molecule has 0 aromatic heterocycles. The summed E-state index contributed by atoms with van der Waals surface area (Å²) in [6.07, 6.45) is 4.95. The van der Waals surface area contributed by atoms with Gasteiger partial charge in [0.1, 0.15) is 11.9 Å². The van der Waals surface area contributed by atoms with E-state index in [1.807, 2.05) is 25.1 Å². The molecule has 1 saturated carbocycles. The van der Waals surface area contributed by atoms with E-state index >= 15 is 0 Å². The van der Waals surface area contributed by atoms with Crippen LogP contribution in [0.25, 0.3) is 0 Å². The molecule has 0 heterocycles. The average molecular weight is 328 g/mol. The summed E-state index contributed by atoms with van der Waals surface area (Å²) in [5.41, 5.74) is 6.98. The van der Waals surface area contributed by atoms with E-state index in [9.17, 15) is 0 Å². The maximum atomic E-state index is 6.09. The molecule has 1 aromatic carbocycles. The van der Waals surface area contributed by atoms with Gasteiger partial charge in [0.15, 0.2) is 0 Å².